The highest BCUT2D eigenvalue weighted by molar-refractivity contribution is 5.56. The Hall–Kier alpha value is -3.08. The van der Waals surface area contributed by atoms with Gasteiger partial charge in [0.2, 0.25) is 0 Å². The van der Waals surface area contributed by atoms with Gasteiger partial charge < -0.3 is 9.30 Å². The Bertz CT molecular complexity index is 768. The first-order valence-corrected chi connectivity index (χ1v) is 6.82. The van der Waals surface area contributed by atoms with E-state index in [4.69, 9.17) is 4.74 Å². The molecule has 5 nitrogen and oxygen atoms in total. The van der Waals surface area contributed by atoms with Crippen LogP contribution >= 0.6 is 0 Å². The van der Waals surface area contributed by atoms with Gasteiger partial charge >= 0.3 is 0 Å². The molecule has 0 aliphatic rings. The van der Waals surface area contributed by atoms with Crippen LogP contribution in [0.25, 0.3) is 5.69 Å². The molecule has 1 heterocycles. The van der Waals surface area contributed by atoms with Crippen LogP contribution < -0.4 is 4.74 Å². The van der Waals surface area contributed by atoms with E-state index < -0.39 is 4.92 Å². The summed E-state index contributed by atoms with van der Waals surface area (Å²) in [7, 11) is 0. The molecule has 0 aliphatic carbocycles. The number of rotatable bonds is 5. The Morgan fingerprint density at radius 2 is 1.73 bits per heavy atom. The van der Waals surface area contributed by atoms with Gasteiger partial charge in [-0.3, -0.25) is 10.1 Å². The maximum absolute atomic E-state index is 11.3. The summed E-state index contributed by atoms with van der Waals surface area (Å²) in [5.74, 6) is 0.478. The fraction of sp³-hybridized carbons (Fsp3) is 0.0588. The molecule has 0 atom stereocenters. The fourth-order valence-corrected chi connectivity index (χ4v) is 2.19. The van der Waals surface area contributed by atoms with Gasteiger partial charge in [0.05, 0.1) is 11.0 Å². The molecule has 0 amide bonds. The van der Waals surface area contributed by atoms with Crippen molar-refractivity contribution in [2.45, 2.75) is 6.61 Å². The molecular weight excluding hydrogens is 280 g/mol. The number of nitrogens with zero attached hydrogens (tertiary/aromatic N) is 2. The Labute approximate surface area is 127 Å². The third kappa shape index (κ3) is 2.98. The molecule has 1 aromatic heterocycles. The van der Waals surface area contributed by atoms with Gasteiger partial charge in [0.1, 0.15) is 18.0 Å². The Kier molecular flexibility index (Phi) is 3.87. The highest BCUT2D eigenvalue weighted by Gasteiger charge is 2.16. The lowest BCUT2D eigenvalue weighted by atomic mass is 10.2. The third-order valence-corrected chi connectivity index (χ3v) is 3.27. The molecule has 3 aromatic rings. The zero-order valence-corrected chi connectivity index (χ0v) is 11.8. The molecule has 0 spiro atoms. The summed E-state index contributed by atoms with van der Waals surface area (Å²) in [6.45, 7) is 0.376. The summed E-state index contributed by atoms with van der Waals surface area (Å²) >= 11 is 0. The molecule has 3 rings (SSSR count). The lowest BCUT2D eigenvalue weighted by molar-refractivity contribution is -0.384. The average molecular weight is 294 g/mol. The minimum Gasteiger partial charge on any atom is -0.489 e. The van der Waals surface area contributed by atoms with Gasteiger partial charge in [-0.05, 0) is 29.8 Å². The largest absolute Gasteiger partial charge is 0.489 e. The fourth-order valence-electron chi connectivity index (χ4n) is 2.19. The highest BCUT2D eigenvalue weighted by atomic mass is 16.6. The Morgan fingerprint density at radius 3 is 2.41 bits per heavy atom. The van der Waals surface area contributed by atoms with Crippen molar-refractivity contribution in [1.82, 2.24) is 4.57 Å². The SMILES string of the molecule is O=[N+]([O-])c1cc(OCc2ccccc2)ccc1-n1cccc1. The van der Waals surface area contributed by atoms with Gasteiger partial charge in [-0.25, -0.2) is 0 Å². The molecule has 22 heavy (non-hydrogen) atoms. The summed E-state index contributed by atoms with van der Waals surface area (Å²) in [6, 6.07) is 18.2. The quantitative estimate of drug-likeness (QED) is 0.528. The van der Waals surface area contributed by atoms with E-state index in [1.165, 1.54) is 6.07 Å². The van der Waals surface area contributed by atoms with E-state index in [1.807, 2.05) is 42.5 Å². The molecule has 0 saturated carbocycles. The number of hydrogen-bond donors (Lipinski definition) is 0. The third-order valence-electron chi connectivity index (χ3n) is 3.27. The number of aromatic nitrogens is 1. The number of benzene rings is 2. The molecule has 0 aliphatic heterocycles. The van der Waals surface area contributed by atoms with E-state index in [-0.39, 0.29) is 5.69 Å². The van der Waals surface area contributed by atoms with E-state index in [1.54, 1.807) is 29.1 Å². The zero-order valence-electron chi connectivity index (χ0n) is 11.8. The molecule has 0 saturated heterocycles. The number of nitro benzene ring substituents is 1. The lowest BCUT2D eigenvalue weighted by Crippen LogP contribution is -2.00. The summed E-state index contributed by atoms with van der Waals surface area (Å²) in [6.07, 6.45) is 3.54. The normalized spacial score (nSPS) is 10.4. The number of hydrogen-bond acceptors (Lipinski definition) is 3. The second kappa shape index (κ2) is 6.13. The topological polar surface area (TPSA) is 57.3 Å². The van der Waals surface area contributed by atoms with Crippen LogP contribution in [0.1, 0.15) is 5.56 Å². The van der Waals surface area contributed by atoms with E-state index >= 15 is 0 Å². The minimum atomic E-state index is -0.398. The van der Waals surface area contributed by atoms with E-state index in [0.29, 0.717) is 18.0 Å². The van der Waals surface area contributed by atoms with Gasteiger partial charge in [0.25, 0.3) is 5.69 Å². The van der Waals surface area contributed by atoms with Crippen molar-refractivity contribution < 1.29 is 9.66 Å². The van der Waals surface area contributed by atoms with Crippen molar-refractivity contribution >= 4 is 5.69 Å². The van der Waals surface area contributed by atoms with Gasteiger partial charge in [0.15, 0.2) is 0 Å². The molecular formula is C17H14N2O3. The van der Waals surface area contributed by atoms with Gasteiger partial charge in [0, 0.05) is 12.4 Å². The summed E-state index contributed by atoms with van der Waals surface area (Å²) < 4.78 is 7.35. The van der Waals surface area contributed by atoms with Crippen molar-refractivity contribution in [1.29, 1.82) is 0 Å². The van der Waals surface area contributed by atoms with Crippen LogP contribution in [0.15, 0.2) is 73.1 Å². The lowest BCUT2D eigenvalue weighted by Gasteiger charge is -2.09. The maximum Gasteiger partial charge on any atom is 0.296 e. The molecule has 0 radical (unpaired) electrons. The van der Waals surface area contributed by atoms with Crippen LogP contribution in [0, 0.1) is 10.1 Å². The summed E-state index contributed by atoms with van der Waals surface area (Å²) in [4.78, 5) is 10.9. The molecule has 0 unspecified atom stereocenters. The summed E-state index contributed by atoms with van der Waals surface area (Å²) in [5.41, 5.74) is 1.54. The highest BCUT2D eigenvalue weighted by Crippen LogP contribution is 2.28. The van der Waals surface area contributed by atoms with Crippen LogP contribution in [0.2, 0.25) is 0 Å². The monoisotopic (exact) mass is 294 g/mol. The van der Waals surface area contributed by atoms with Crippen molar-refractivity contribution in [3.8, 4) is 11.4 Å². The molecule has 2 aromatic carbocycles. The zero-order chi connectivity index (χ0) is 15.4. The van der Waals surface area contributed by atoms with Gasteiger partial charge in [-0.2, -0.15) is 0 Å². The second-order valence-corrected chi connectivity index (χ2v) is 4.77. The van der Waals surface area contributed by atoms with Crippen LogP contribution in [0.3, 0.4) is 0 Å². The number of ether oxygens (including phenoxy) is 1. The number of nitro groups is 1. The first kappa shape index (κ1) is 13.9. The predicted molar refractivity (Wildman–Crippen MR) is 83.2 cm³/mol. The first-order valence-electron chi connectivity index (χ1n) is 6.82. The van der Waals surface area contributed by atoms with Crippen LogP contribution in [0.5, 0.6) is 5.75 Å². The smallest absolute Gasteiger partial charge is 0.296 e. The van der Waals surface area contributed by atoms with Crippen LogP contribution in [-0.2, 0) is 6.61 Å². The minimum absolute atomic E-state index is 0.0155. The molecule has 0 N–H and O–H groups in total. The molecule has 0 bridgehead atoms. The van der Waals surface area contributed by atoms with Crippen molar-refractivity contribution in [2.75, 3.05) is 0 Å². The van der Waals surface area contributed by atoms with E-state index in [2.05, 4.69) is 0 Å². The second-order valence-electron chi connectivity index (χ2n) is 4.77. The van der Waals surface area contributed by atoms with Crippen molar-refractivity contribution in [3.63, 3.8) is 0 Å². The molecule has 110 valence electrons. The maximum atomic E-state index is 11.3. The predicted octanol–water partition coefficient (Wildman–Crippen LogP) is 3.96. The molecule has 0 fully saturated rings. The molecule has 5 heteroatoms. The average Bonchev–Trinajstić information content (AvgIpc) is 3.08. The van der Waals surface area contributed by atoms with Gasteiger partial charge in [-0.1, -0.05) is 30.3 Å². The Balaban J connectivity index is 1.85. The van der Waals surface area contributed by atoms with Gasteiger partial charge in [-0.15, -0.1) is 0 Å². The van der Waals surface area contributed by atoms with Crippen LogP contribution in [-0.4, -0.2) is 9.49 Å². The Morgan fingerprint density at radius 1 is 1.00 bits per heavy atom. The van der Waals surface area contributed by atoms with E-state index in [0.717, 1.165) is 5.56 Å². The standard InChI is InChI=1S/C17H14N2O3/c20-19(21)17-12-15(22-13-14-6-2-1-3-7-14)8-9-16(17)18-10-4-5-11-18/h1-12H,13H2. The van der Waals surface area contributed by atoms with Crippen molar-refractivity contribution in [2.24, 2.45) is 0 Å². The first-order chi connectivity index (χ1) is 10.7. The summed E-state index contributed by atoms with van der Waals surface area (Å²) in [5, 5.41) is 11.3. The van der Waals surface area contributed by atoms with Crippen molar-refractivity contribution in [3.05, 3.63) is 88.7 Å². The van der Waals surface area contributed by atoms with E-state index in [9.17, 15) is 10.1 Å². The van der Waals surface area contributed by atoms with Crippen LogP contribution in [0.4, 0.5) is 5.69 Å².